The fraction of sp³-hybridized carbons (Fsp3) is 0.400. The number of amides is 1. The molecule has 0 atom stereocenters. The van der Waals surface area contributed by atoms with E-state index in [9.17, 15) is 4.79 Å². The summed E-state index contributed by atoms with van der Waals surface area (Å²) in [5, 5.41) is 3.31. The molecule has 1 N–H and O–H groups in total. The zero-order valence-corrected chi connectivity index (χ0v) is 10.9. The highest BCUT2D eigenvalue weighted by molar-refractivity contribution is 5.97. The van der Waals surface area contributed by atoms with Crippen LogP contribution < -0.4 is 5.32 Å². The summed E-state index contributed by atoms with van der Waals surface area (Å²) in [6.07, 6.45) is 2.99. The largest absolute Gasteiger partial charge is 0.338 e. The smallest absolute Gasteiger partial charge is 0.249 e. The number of carbonyl (C=O) groups excluding carboxylic acids is 1. The second-order valence-electron chi connectivity index (χ2n) is 4.63. The minimum absolute atomic E-state index is 0.155. The molecular formula is C15H20N2O. The molecular weight excluding hydrogens is 224 g/mol. The van der Waals surface area contributed by atoms with Gasteiger partial charge in [0, 0.05) is 25.2 Å². The van der Waals surface area contributed by atoms with Gasteiger partial charge in [0.25, 0.3) is 0 Å². The number of rotatable bonds is 2. The Bertz CT molecular complexity index is 417. The average molecular weight is 244 g/mol. The van der Waals surface area contributed by atoms with Gasteiger partial charge in [0.2, 0.25) is 5.91 Å². The molecule has 0 aromatic heterocycles. The van der Waals surface area contributed by atoms with E-state index in [1.54, 1.807) is 0 Å². The van der Waals surface area contributed by atoms with Gasteiger partial charge in [0.1, 0.15) is 0 Å². The lowest BCUT2D eigenvalue weighted by Crippen LogP contribution is -2.34. The second kappa shape index (κ2) is 6.36. The molecule has 0 spiro atoms. The van der Waals surface area contributed by atoms with Crippen molar-refractivity contribution in [2.75, 3.05) is 26.2 Å². The molecule has 0 bridgehead atoms. The van der Waals surface area contributed by atoms with E-state index >= 15 is 0 Å². The number of nitrogens with zero attached hydrogens (tertiary/aromatic N) is 1. The first-order chi connectivity index (χ1) is 8.77. The molecule has 0 radical (unpaired) electrons. The maximum Gasteiger partial charge on any atom is 0.249 e. The molecule has 1 aromatic rings. The summed E-state index contributed by atoms with van der Waals surface area (Å²) in [6, 6.07) is 9.98. The summed E-state index contributed by atoms with van der Waals surface area (Å²) in [7, 11) is 0. The third-order valence-corrected chi connectivity index (χ3v) is 3.15. The van der Waals surface area contributed by atoms with Gasteiger partial charge in [-0.15, -0.1) is 0 Å². The molecule has 1 aromatic carbocycles. The summed E-state index contributed by atoms with van der Waals surface area (Å²) in [6.45, 7) is 5.45. The van der Waals surface area contributed by atoms with Crippen LogP contribution in [0.4, 0.5) is 0 Å². The van der Waals surface area contributed by atoms with E-state index in [4.69, 9.17) is 0 Å². The highest BCUT2D eigenvalue weighted by atomic mass is 16.2. The fourth-order valence-corrected chi connectivity index (χ4v) is 2.16. The molecule has 0 unspecified atom stereocenters. The Labute approximate surface area is 108 Å². The van der Waals surface area contributed by atoms with Gasteiger partial charge in [-0.25, -0.2) is 0 Å². The van der Waals surface area contributed by atoms with Gasteiger partial charge in [-0.2, -0.15) is 0 Å². The Morgan fingerprint density at radius 1 is 1.22 bits per heavy atom. The van der Waals surface area contributed by atoms with Crippen LogP contribution in [-0.2, 0) is 4.79 Å². The van der Waals surface area contributed by atoms with E-state index < -0.39 is 0 Å². The van der Waals surface area contributed by atoms with Gasteiger partial charge >= 0.3 is 0 Å². The Kier molecular flexibility index (Phi) is 4.53. The van der Waals surface area contributed by atoms with E-state index in [2.05, 4.69) is 5.32 Å². The normalized spacial score (nSPS) is 17.4. The van der Waals surface area contributed by atoms with E-state index in [-0.39, 0.29) is 5.91 Å². The Balaban J connectivity index is 2.05. The minimum atomic E-state index is 0.155. The van der Waals surface area contributed by atoms with Crippen LogP contribution in [0.2, 0.25) is 0 Å². The molecule has 1 aliphatic heterocycles. The van der Waals surface area contributed by atoms with Gasteiger partial charge in [-0.05, 0) is 31.5 Å². The number of nitrogens with one attached hydrogen (secondary N) is 1. The molecule has 1 fully saturated rings. The number of carbonyl (C=O) groups is 1. The number of hydrogen-bond donors (Lipinski definition) is 1. The summed E-state index contributed by atoms with van der Waals surface area (Å²) >= 11 is 0. The van der Waals surface area contributed by atoms with Crippen LogP contribution in [0.3, 0.4) is 0 Å². The molecule has 0 aliphatic carbocycles. The van der Waals surface area contributed by atoms with Crippen LogP contribution in [0.5, 0.6) is 0 Å². The molecule has 1 saturated heterocycles. The van der Waals surface area contributed by atoms with Crippen LogP contribution in [-0.4, -0.2) is 37.0 Å². The first-order valence-corrected chi connectivity index (χ1v) is 6.51. The maximum absolute atomic E-state index is 12.3. The van der Waals surface area contributed by atoms with Gasteiger partial charge in [-0.1, -0.05) is 30.3 Å². The van der Waals surface area contributed by atoms with Gasteiger partial charge in [-0.3, -0.25) is 4.79 Å². The lowest BCUT2D eigenvalue weighted by Gasteiger charge is -2.20. The van der Waals surface area contributed by atoms with Crippen molar-refractivity contribution in [1.29, 1.82) is 0 Å². The first-order valence-electron chi connectivity index (χ1n) is 6.51. The second-order valence-corrected chi connectivity index (χ2v) is 4.63. The molecule has 18 heavy (non-hydrogen) atoms. The van der Waals surface area contributed by atoms with Crippen molar-refractivity contribution < 1.29 is 4.79 Å². The van der Waals surface area contributed by atoms with Crippen molar-refractivity contribution in [2.24, 2.45) is 0 Å². The van der Waals surface area contributed by atoms with E-state index in [1.807, 2.05) is 48.2 Å². The van der Waals surface area contributed by atoms with E-state index in [1.165, 1.54) is 0 Å². The quantitative estimate of drug-likeness (QED) is 0.806. The summed E-state index contributed by atoms with van der Waals surface area (Å²) in [4.78, 5) is 14.2. The highest BCUT2D eigenvalue weighted by Crippen LogP contribution is 2.10. The van der Waals surface area contributed by atoms with Crippen molar-refractivity contribution in [3.63, 3.8) is 0 Å². The Hall–Kier alpha value is -1.61. The van der Waals surface area contributed by atoms with Crippen LogP contribution in [0.25, 0.3) is 6.08 Å². The molecule has 3 nitrogen and oxygen atoms in total. The average Bonchev–Trinajstić information content (AvgIpc) is 2.68. The third kappa shape index (κ3) is 3.44. The van der Waals surface area contributed by atoms with Crippen molar-refractivity contribution >= 4 is 12.0 Å². The molecule has 2 rings (SSSR count). The molecule has 1 aliphatic rings. The van der Waals surface area contributed by atoms with Crippen molar-refractivity contribution in [3.05, 3.63) is 41.5 Å². The lowest BCUT2D eigenvalue weighted by atomic mass is 10.1. The van der Waals surface area contributed by atoms with Crippen molar-refractivity contribution in [1.82, 2.24) is 10.2 Å². The Morgan fingerprint density at radius 3 is 2.78 bits per heavy atom. The summed E-state index contributed by atoms with van der Waals surface area (Å²) in [5.41, 5.74) is 1.89. The molecule has 96 valence electrons. The zero-order valence-electron chi connectivity index (χ0n) is 10.9. The van der Waals surface area contributed by atoms with Crippen LogP contribution in [0, 0.1) is 0 Å². The highest BCUT2D eigenvalue weighted by Gasteiger charge is 2.16. The molecule has 1 amide bonds. The monoisotopic (exact) mass is 244 g/mol. The standard InChI is InChI=1S/C15H20N2O/c1-13(12-14-6-3-2-4-7-14)15(18)17-10-5-8-16-9-11-17/h2-4,6-7,12,16H,5,8-11H2,1H3/b13-12-. The van der Waals surface area contributed by atoms with Crippen LogP contribution >= 0.6 is 0 Å². The van der Waals surface area contributed by atoms with Crippen molar-refractivity contribution in [2.45, 2.75) is 13.3 Å². The molecule has 3 heteroatoms. The van der Waals surface area contributed by atoms with E-state index in [0.29, 0.717) is 0 Å². The molecule has 0 saturated carbocycles. The number of hydrogen-bond acceptors (Lipinski definition) is 2. The summed E-state index contributed by atoms with van der Waals surface area (Å²) < 4.78 is 0. The first kappa shape index (κ1) is 12.8. The van der Waals surface area contributed by atoms with Crippen LogP contribution in [0.15, 0.2) is 35.9 Å². The topological polar surface area (TPSA) is 32.3 Å². The fourth-order valence-electron chi connectivity index (χ4n) is 2.16. The third-order valence-electron chi connectivity index (χ3n) is 3.15. The van der Waals surface area contributed by atoms with Gasteiger partial charge in [0.15, 0.2) is 0 Å². The zero-order chi connectivity index (χ0) is 12.8. The van der Waals surface area contributed by atoms with Gasteiger partial charge < -0.3 is 10.2 Å². The minimum Gasteiger partial charge on any atom is -0.338 e. The molecule has 1 heterocycles. The number of benzene rings is 1. The van der Waals surface area contributed by atoms with Gasteiger partial charge in [0.05, 0.1) is 0 Å². The summed E-state index contributed by atoms with van der Waals surface area (Å²) in [5.74, 6) is 0.155. The van der Waals surface area contributed by atoms with Crippen molar-refractivity contribution in [3.8, 4) is 0 Å². The Morgan fingerprint density at radius 2 is 2.00 bits per heavy atom. The predicted octanol–water partition coefficient (Wildman–Crippen LogP) is 1.91. The SMILES string of the molecule is C/C(=C/c1ccccc1)C(=O)N1CCCNCC1. The van der Waals surface area contributed by atoms with E-state index in [0.717, 1.165) is 43.7 Å². The maximum atomic E-state index is 12.3. The predicted molar refractivity (Wildman–Crippen MR) is 74.2 cm³/mol. The van der Waals surface area contributed by atoms with Crippen LogP contribution in [0.1, 0.15) is 18.9 Å². The lowest BCUT2D eigenvalue weighted by molar-refractivity contribution is -0.126.